The minimum absolute atomic E-state index is 0.0547. The molecular formula is C19H21N3O3S. The van der Waals surface area contributed by atoms with Crippen molar-refractivity contribution in [1.82, 2.24) is 10.3 Å². The van der Waals surface area contributed by atoms with Crippen molar-refractivity contribution in [1.29, 1.82) is 0 Å². The SMILES string of the molecule is CC(NC(=O)CCc1c[nH]c2ccccc12)c1ccc(S(N)(=O)=O)cc1. The number of hydrogen-bond acceptors (Lipinski definition) is 3. The Bertz CT molecular complexity index is 1020. The predicted molar refractivity (Wildman–Crippen MR) is 101 cm³/mol. The maximum Gasteiger partial charge on any atom is 0.238 e. The molecular weight excluding hydrogens is 350 g/mol. The number of rotatable bonds is 6. The average molecular weight is 371 g/mol. The van der Waals surface area contributed by atoms with E-state index in [0.717, 1.165) is 22.0 Å². The number of amides is 1. The van der Waals surface area contributed by atoms with Crippen LogP contribution in [0.1, 0.15) is 30.5 Å². The monoisotopic (exact) mass is 371 g/mol. The minimum Gasteiger partial charge on any atom is -0.361 e. The van der Waals surface area contributed by atoms with Crippen LogP contribution >= 0.6 is 0 Å². The number of nitrogens with two attached hydrogens (primary N) is 1. The lowest BCUT2D eigenvalue weighted by molar-refractivity contribution is -0.121. The average Bonchev–Trinajstić information content (AvgIpc) is 3.02. The lowest BCUT2D eigenvalue weighted by Crippen LogP contribution is -2.26. The molecule has 0 aliphatic heterocycles. The maximum atomic E-state index is 12.2. The second-order valence-corrected chi connectivity index (χ2v) is 7.82. The molecule has 0 saturated heterocycles. The van der Waals surface area contributed by atoms with Crippen molar-refractivity contribution in [3.8, 4) is 0 Å². The van der Waals surface area contributed by atoms with Gasteiger partial charge in [0.05, 0.1) is 10.9 Å². The molecule has 6 nitrogen and oxygen atoms in total. The molecule has 0 aliphatic carbocycles. The van der Waals surface area contributed by atoms with Gasteiger partial charge in [0, 0.05) is 23.5 Å². The summed E-state index contributed by atoms with van der Waals surface area (Å²) in [4.78, 5) is 15.5. The van der Waals surface area contributed by atoms with Crippen molar-refractivity contribution in [3.05, 3.63) is 65.9 Å². The van der Waals surface area contributed by atoms with Gasteiger partial charge in [-0.15, -0.1) is 0 Å². The molecule has 4 N–H and O–H groups in total. The van der Waals surface area contributed by atoms with Crippen molar-refractivity contribution in [2.24, 2.45) is 5.14 Å². The minimum atomic E-state index is -3.71. The number of sulfonamides is 1. The summed E-state index contributed by atoms with van der Waals surface area (Å²) in [5, 5.41) is 9.16. The number of aromatic amines is 1. The Hall–Kier alpha value is -2.64. The van der Waals surface area contributed by atoms with Gasteiger partial charge in [-0.2, -0.15) is 0 Å². The fourth-order valence-corrected chi connectivity index (χ4v) is 3.45. The first-order chi connectivity index (χ1) is 12.3. The van der Waals surface area contributed by atoms with Crippen LogP contribution in [0.5, 0.6) is 0 Å². The third-order valence-electron chi connectivity index (χ3n) is 4.38. The molecule has 1 atom stereocenters. The highest BCUT2D eigenvalue weighted by atomic mass is 32.2. The van der Waals surface area contributed by atoms with E-state index >= 15 is 0 Å². The van der Waals surface area contributed by atoms with Gasteiger partial charge < -0.3 is 10.3 Å². The number of aryl methyl sites for hydroxylation is 1. The van der Waals surface area contributed by atoms with E-state index in [1.54, 1.807) is 12.1 Å². The maximum absolute atomic E-state index is 12.2. The zero-order chi connectivity index (χ0) is 18.7. The number of carbonyl (C=O) groups excluding carboxylic acids is 1. The van der Waals surface area contributed by atoms with E-state index in [9.17, 15) is 13.2 Å². The lowest BCUT2D eigenvalue weighted by Gasteiger charge is -2.14. The zero-order valence-electron chi connectivity index (χ0n) is 14.4. The van der Waals surface area contributed by atoms with Gasteiger partial charge >= 0.3 is 0 Å². The molecule has 2 aromatic carbocycles. The molecule has 0 saturated carbocycles. The van der Waals surface area contributed by atoms with E-state index in [-0.39, 0.29) is 16.8 Å². The third-order valence-corrected chi connectivity index (χ3v) is 5.31. The van der Waals surface area contributed by atoms with E-state index in [2.05, 4.69) is 10.3 Å². The van der Waals surface area contributed by atoms with Crippen LogP contribution in [0.4, 0.5) is 0 Å². The molecule has 26 heavy (non-hydrogen) atoms. The van der Waals surface area contributed by atoms with Crippen molar-refractivity contribution >= 4 is 26.8 Å². The van der Waals surface area contributed by atoms with E-state index in [4.69, 9.17) is 5.14 Å². The molecule has 1 unspecified atom stereocenters. The Labute approximate surface area is 152 Å². The van der Waals surface area contributed by atoms with Crippen molar-refractivity contribution in [2.45, 2.75) is 30.7 Å². The fourth-order valence-electron chi connectivity index (χ4n) is 2.93. The summed E-state index contributed by atoms with van der Waals surface area (Å²) in [7, 11) is -3.71. The van der Waals surface area contributed by atoms with E-state index in [0.29, 0.717) is 12.8 Å². The predicted octanol–water partition coefficient (Wildman–Crippen LogP) is 2.63. The van der Waals surface area contributed by atoms with Crippen LogP contribution < -0.4 is 10.5 Å². The number of benzene rings is 2. The largest absolute Gasteiger partial charge is 0.361 e. The molecule has 0 bridgehead atoms. The number of primary sulfonamides is 1. The van der Waals surface area contributed by atoms with Gasteiger partial charge in [-0.3, -0.25) is 4.79 Å². The van der Waals surface area contributed by atoms with E-state index in [1.165, 1.54) is 12.1 Å². The molecule has 0 spiro atoms. The first-order valence-corrected chi connectivity index (χ1v) is 9.86. The Kier molecular flexibility index (Phi) is 5.11. The fraction of sp³-hybridized carbons (Fsp3) is 0.211. The highest BCUT2D eigenvalue weighted by Gasteiger charge is 2.13. The van der Waals surface area contributed by atoms with Crippen LogP contribution in [0.25, 0.3) is 10.9 Å². The highest BCUT2D eigenvalue weighted by Crippen LogP contribution is 2.19. The first-order valence-electron chi connectivity index (χ1n) is 8.32. The van der Waals surface area contributed by atoms with Crippen LogP contribution in [0.2, 0.25) is 0 Å². The summed E-state index contributed by atoms with van der Waals surface area (Å²) < 4.78 is 22.6. The summed E-state index contributed by atoms with van der Waals surface area (Å²) in [5.41, 5.74) is 2.99. The number of nitrogens with one attached hydrogen (secondary N) is 2. The van der Waals surface area contributed by atoms with Gasteiger partial charge in [0.15, 0.2) is 0 Å². The van der Waals surface area contributed by atoms with Crippen LogP contribution in [-0.2, 0) is 21.2 Å². The van der Waals surface area contributed by atoms with Gasteiger partial charge in [-0.05, 0) is 42.7 Å². The molecule has 1 aromatic heterocycles. The summed E-state index contributed by atoms with van der Waals surface area (Å²) in [6, 6.07) is 14.0. The van der Waals surface area contributed by atoms with Gasteiger partial charge in [0.2, 0.25) is 15.9 Å². The van der Waals surface area contributed by atoms with E-state index < -0.39 is 10.0 Å². The van der Waals surface area contributed by atoms with Crippen LogP contribution in [0.3, 0.4) is 0 Å². The van der Waals surface area contributed by atoms with Crippen molar-refractivity contribution in [2.75, 3.05) is 0 Å². The number of H-pyrrole nitrogens is 1. The van der Waals surface area contributed by atoms with Gasteiger partial charge in [-0.25, -0.2) is 13.6 Å². The molecule has 3 rings (SSSR count). The molecule has 0 radical (unpaired) electrons. The molecule has 136 valence electrons. The van der Waals surface area contributed by atoms with Crippen LogP contribution in [-0.4, -0.2) is 19.3 Å². The zero-order valence-corrected chi connectivity index (χ0v) is 15.2. The van der Waals surface area contributed by atoms with Crippen LogP contribution in [0, 0.1) is 0 Å². The normalized spacial score (nSPS) is 12.8. The highest BCUT2D eigenvalue weighted by molar-refractivity contribution is 7.89. The summed E-state index contributed by atoms with van der Waals surface area (Å²) >= 11 is 0. The van der Waals surface area contributed by atoms with Gasteiger partial charge in [0.1, 0.15) is 0 Å². The molecule has 3 aromatic rings. The number of aromatic nitrogens is 1. The second kappa shape index (κ2) is 7.31. The number of carbonyl (C=O) groups is 1. The Balaban J connectivity index is 1.59. The Morgan fingerprint density at radius 2 is 1.85 bits per heavy atom. The molecule has 7 heteroatoms. The van der Waals surface area contributed by atoms with Gasteiger partial charge in [0.25, 0.3) is 0 Å². The van der Waals surface area contributed by atoms with E-state index in [1.807, 2.05) is 37.4 Å². The number of hydrogen-bond donors (Lipinski definition) is 3. The van der Waals surface area contributed by atoms with Crippen LogP contribution in [0.15, 0.2) is 59.6 Å². The van der Waals surface area contributed by atoms with Gasteiger partial charge in [-0.1, -0.05) is 30.3 Å². The summed E-state index contributed by atoms with van der Waals surface area (Å²) in [6.07, 6.45) is 2.96. The molecule has 0 aliphatic rings. The lowest BCUT2D eigenvalue weighted by atomic mass is 10.1. The van der Waals surface area contributed by atoms with Crippen molar-refractivity contribution < 1.29 is 13.2 Å². The smallest absolute Gasteiger partial charge is 0.238 e. The third kappa shape index (κ3) is 4.12. The number of para-hydroxylation sites is 1. The topological polar surface area (TPSA) is 105 Å². The summed E-state index contributed by atoms with van der Waals surface area (Å²) in [6.45, 7) is 1.86. The second-order valence-electron chi connectivity index (χ2n) is 6.26. The molecule has 1 heterocycles. The Morgan fingerprint density at radius 1 is 1.15 bits per heavy atom. The number of fused-ring (bicyclic) bond motifs is 1. The Morgan fingerprint density at radius 3 is 2.54 bits per heavy atom. The standard InChI is InChI=1S/C19H21N3O3S/c1-13(14-6-9-16(10-7-14)26(20,24)25)22-19(23)11-8-15-12-21-18-5-3-2-4-17(15)18/h2-7,9-10,12-13,21H,8,11H2,1H3,(H,22,23)(H2,20,24,25). The summed E-state index contributed by atoms with van der Waals surface area (Å²) in [5.74, 6) is -0.0571. The van der Waals surface area contributed by atoms with Crippen molar-refractivity contribution in [3.63, 3.8) is 0 Å². The molecule has 0 fully saturated rings. The quantitative estimate of drug-likeness (QED) is 0.620. The molecule has 1 amide bonds. The first kappa shape index (κ1) is 18.2.